The molecule has 0 aromatic heterocycles. The highest BCUT2D eigenvalue weighted by atomic mass is 35.5. The molecule has 6 nitrogen and oxygen atoms in total. The van der Waals surface area contributed by atoms with E-state index in [1.807, 2.05) is 6.92 Å². The second-order valence-corrected chi connectivity index (χ2v) is 9.66. The average Bonchev–Trinajstić information content (AvgIpc) is 2.70. The molecule has 2 aromatic carbocycles. The quantitative estimate of drug-likeness (QED) is 0.725. The zero-order valence-corrected chi connectivity index (χ0v) is 18.4. The molecule has 1 saturated heterocycles. The van der Waals surface area contributed by atoms with Gasteiger partial charge in [0.1, 0.15) is 10.6 Å². The fourth-order valence-corrected chi connectivity index (χ4v) is 5.60. The molecular formula is C20H22Cl2N2O4S. The van der Waals surface area contributed by atoms with Crippen LogP contribution in [0.25, 0.3) is 0 Å². The van der Waals surface area contributed by atoms with Crippen LogP contribution in [-0.4, -0.2) is 38.8 Å². The fraction of sp³-hybridized carbons (Fsp3) is 0.350. The summed E-state index contributed by atoms with van der Waals surface area (Å²) < 4.78 is 33.0. The molecule has 1 aliphatic rings. The van der Waals surface area contributed by atoms with Crippen LogP contribution in [0.4, 0.5) is 5.69 Å². The number of sulfonamides is 1. The third-order valence-corrected chi connectivity index (χ3v) is 7.42. The van der Waals surface area contributed by atoms with E-state index in [1.165, 1.54) is 11.4 Å². The van der Waals surface area contributed by atoms with Gasteiger partial charge in [0, 0.05) is 13.1 Å². The molecule has 1 unspecified atom stereocenters. The summed E-state index contributed by atoms with van der Waals surface area (Å²) in [7, 11) is -2.37. The standard InChI is InChI=1S/C20H22Cl2N2O4S/c1-13-8-9-17(28-2)18(11-13)29(26,27)24-10-4-5-14(12-24)20(25)23-19-15(21)6-3-7-16(19)22/h3,6-9,11,14H,4-5,10,12H2,1-2H3,(H,23,25). The van der Waals surface area contributed by atoms with Gasteiger partial charge in [-0.15, -0.1) is 0 Å². The van der Waals surface area contributed by atoms with Gasteiger partial charge in [-0.3, -0.25) is 4.79 Å². The van der Waals surface area contributed by atoms with Crippen LogP contribution < -0.4 is 10.1 Å². The highest BCUT2D eigenvalue weighted by molar-refractivity contribution is 7.89. The third-order valence-electron chi connectivity index (χ3n) is 4.90. The van der Waals surface area contributed by atoms with Crippen LogP contribution in [0.2, 0.25) is 10.0 Å². The predicted octanol–water partition coefficient (Wildman–Crippen LogP) is 4.35. The maximum atomic E-state index is 13.2. The molecule has 156 valence electrons. The first-order chi connectivity index (χ1) is 13.7. The van der Waals surface area contributed by atoms with Gasteiger partial charge in [0.05, 0.1) is 28.8 Å². The minimum atomic E-state index is -3.81. The summed E-state index contributed by atoms with van der Waals surface area (Å²) in [6, 6.07) is 9.95. The molecule has 0 spiro atoms. The lowest BCUT2D eigenvalue weighted by Crippen LogP contribution is -2.43. The first kappa shape index (κ1) is 21.9. The van der Waals surface area contributed by atoms with E-state index >= 15 is 0 Å². The maximum absolute atomic E-state index is 13.2. The van der Waals surface area contributed by atoms with Gasteiger partial charge < -0.3 is 10.1 Å². The van der Waals surface area contributed by atoms with Crippen molar-refractivity contribution >= 4 is 44.8 Å². The van der Waals surface area contributed by atoms with Gasteiger partial charge >= 0.3 is 0 Å². The number of hydrogen-bond acceptors (Lipinski definition) is 4. The van der Waals surface area contributed by atoms with E-state index in [4.69, 9.17) is 27.9 Å². The summed E-state index contributed by atoms with van der Waals surface area (Å²) in [5, 5.41) is 3.40. The summed E-state index contributed by atoms with van der Waals surface area (Å²) in [5.74, 6) is -0.539. The molecule has 1 fully saturated rings. The average molecular weight is 457 g/mol. The molecule has 1 amide bonds. The number of rotatable bonds is 5. The molecule has 0 bridgehead atoms. The Labute approximate surface area is 180 Å². The van der Waals surface area contributed by atoms with Crippen LogP contribution in [0.3, 0.4) is 0 Å². The molecule has 9 heteroatoms. The Kier molecular flexibility index (Phi) is 6.73. The van der Waals surface area contributed by atoms with Gasteiger partial charge in [0.2, 0.25) is 15.9 Å². The number of ether oxygens (including phenoxy) is 1. The lowest BCUT2D eigenvalue weighted by Gasteiger charge is -2.31. The second kappa shape index (κ2) is 8.92. The molecule has 0 aliphatic carbocycles. The van der Waals surface area contributed by atoms with E-state index in [0.717, 1.165) is 5.56 Å². The Morgan fingerprint density at radius 2 is 1.90 bits per heavy atom. The van der Waals surface area contributed by atoms with Gasteiger partial charge in [-0.2, -0.15) is 4.31 Å². The molecular weight excluding hydrogens is 435 g/mol. The number of nitrogens with zero attached hydrogens (tertiary/aromatic N) is 1. The van der Waals surface area contributed by atoms with E-state index in [-0.39, 0.29) is 23.1 Å². The summed E-state index contributed by atoms with van der Waals surface area (Å²) in [6.45, 7) is 2.24. The van der Waals surface area contributed by atoms with E-state index < -0.39 is 15.9 Å². The zero-order chi connectivity index (χ0) is 21.2. The van der Waals surface area contributed by atoms with Crippen LogP contribution >= 0.6 is 23.2 Å². The number of methoxy groups -OCH3 is 1. The van der Waals surface area contributed by atoms with Crippen molar-refractivity contribution in [3.63, 3.8) is 0 Å². The summed E-state index contributed by atoms with van der Waals surface area (Å²) in [6.07, 6.45) is 1.15. The Morgan fingerprint density at radius 3 is 2.55 bits per heavy atom. The molecule has 1 aliphatic heterocycles. The third kappa shape index (κ3) is 4.69. The number of aryl methyl sites for hydroxylation is 1. The van der Waals surface area contributed by atoms with Crippen molar-refractivity contribution in [3.8, 4) is 5.75 Å². The smallest absolute Gasteiger partial charge is 0.246 e. The Hall–Kier alpha value is -1.80. The van der Waals surface area contributed by atoms with Crippen molar-refractivity contribution in [1.82, 2.24) is 4.31 Å². The van der Waals surface area contributed by atoms with Crippen LogP contribution in [-0.2, 0) is 14.8 Å². The van der Waals surface area contributed by atoms with Crippen LogP contribution in [0, 0.1) is 12.8 Å². The summed E-state index contributed by atoms with van der Waals surface area (Å²) in [5.41, 5.74) is 1.14. The van der Waals surface area contributed by atoms with Crippen molar-refractivity contribution in [3.05, 3.63) is 52.0 Å². The van der Waals surface area contributed by atoms with Gasteiger partial charge in [-0.05, 0) is 49.6 Å². The molecule has 2 aromatic rings. The molecule has 1 heterocycles. The number of carbonyl (C=O) groups excluding carboxylic acids is 1. The Bertz CT molecular complexity index is 1010. The van der Waals surface area contributed by atoms with Crippen molar-refractivity contribution in [2.75, 3.05) is 25.5 Å². The monoisotopic (exact) mass is 456 g/mol. The SMILES string of the molecule is COc1ccc(C)cc1S(=O)(=O)N1CCCC(C(=O)Nc2c(Cl)cccc2Cl)C1. The van der Waals surface area contributed by atoms with Gasteiger partial charge in [0.25, 0.3) is 0 Å². The number of amides is 1. The van der Waals surface area contributed by atoms with Crippen LogP contribution in [0.15, 0.2) is 41.3 Å². The minimum Gasteiger partial charge on any atom is -0.495 e. The number of benzene rings is 2. The lowest BCUT2D eigenvalue weighted by atomic mass is 9.98. The van der Waals surface area contributed by atoms with E-state index in [1.54, 1.807) is 36.4 Å². The van der Waals surface area contributed by atoms with E-state index in [2.05, 4.69) is 5.32 Å². The number of nitrogens with one attached hydrogen (secondary N) is 1. The van der Waals surface area contributed by atoms with Gasteiger partial charge in [0.15, 0.2) is 0 Å². The van der Waals surface area contributed by atoms with E-state index in [0.29, 0.717) is 35.1 Å². The Morgan fingerprint density at radius 1 is 1.21 bits per heavy atom. The first-order valence-electron chi connectivity index (χ1n) is 9.13. The molecule has 1 atom stereocenters. The normalized spacial score (nSPS) is 17.7. The zero-order valence-electron chi connectivity index (χ0n) is 16.1. The van der Waals surface area contributed by atoms with Crippen molar-refractivity contribution in [1.29, 1.82) is 0 Å². The van der Waals surface area contributed by atoms with Crippen LogP contribution in [0.1, 0.15) is 18.4 Å². The summed E-state index contributed by atoms with van der Waals surface area (Å²) in [4.78, 5) is 12.9. The fourth-order valence-electron chi connectivity index (χ4n) is 3.34. The molecule has 1 N–H and O–H groups in total. The van der Waals surface area contributed by atoms with Crippen molar-refractivity contribution in [2.45, 2.75) is 24.7 Å². The Balaban J connectivity index is 1.82. The topological polar surface area (TPSA) is 75.7 Å². The van der Waals surface area contributed by atoms with Gasteiger partial charge in [-0.25, -0.2) is 8.42 Å². The highest BCUT2D eigenvalue weighted by Gasteiger charge is 2.35. The number of hydrogen-bond donors (Lipinski definition) is 1. The molecule has 0 saturated carbocycles. The molecule has 29 heavy (non-hydrogen) atoms. The predicted molar refractivity (Wildman–Crippen MR) is 114 cm³/mol. The lowest BCUT2D eigenvalue weighted by molar-refractivity contribution is -0.120. The van der Waals surface area contributed by atoms with Crippen LogP contribution in [0.5, 0.6) is 5.75 Å². The maximum Gasteiger partial charge on any atom is 0.246 e. The van der Waals surface area contributed by atoms with Crippen molar-refractivity contribution < 1.29 is 17.9 Å². The largest absolute Gasteiger partial charge is 0.495 e. The van der Waals surface area contributed by atoms with Crippen molar-refractivity contribution in [2.24, 2.45) is 5.92 Å². The first-order valence-corrected chi connectivity index (χ1v) is 11.3. The molecule has 3 rings (SSSR count). The number of halogens is 2. The second-order valence-electron chi connectivity index (χ2n) is 6.94. The summed E-state index contributed by atoms with van der Waals surface area (Å²) >= 11 is 12.2. The number of anilines is 1. The minimum absolute atomic E-state index is 0.0767. The number of piperidine rings is 1. The van der Waals surface area contributed by atoms with E-state index in [9.17, 15) is 13.2 Å². The number of para-hydroxylation sites is 1. The highest BCUT2D eigenvalue weighted by Crippen LogP contribution is 2.33. The number of carbonyl (C=O) groups is 1. The molecule has 0 radical (unpaired) electrons. The van der Waals surface area contributed by atoms with Gasteiger partial charge in [-0.1, -0.05) is 35.3 Å².